The van der Waals surface area contributed by atoms with Crippen LogP contribution in [-0.4, -0.2) is 27.5 Å². The Hall–Kier alpha value is -3.58. The topological polar surface area (TPSA) is 72.9 Å². The monoisotopic (exact) mass is 479 g/mol. The molecule has 0 saturated carbocycles. The molecule has 0 fully saturated rings. The summed E-state index contributed by atoms with van der Waals surface area (Å²) < 4.78 is 38.8. The van der Waals surface area contributed by atoms with Crippen molar-refractivity contribution in [1.82, 2.24) is 0 Å². The van der Waals surface area contributed by atoms with E-state index in [4.69, 9.17) is 9.47 Å². The van der Waals surface area contributed by atoms with Gasteiger partial charge in [0.1, 0.15) is 11.5 Å². The summed E-state index contributed by atoms with van der Waals surface area (Å²) in [5, 5.41) is 0. The van der Waals surface area contributed by atoms with Crippen LogP contribution in [0.5, 0.6) is 11.5 Å². The molecule has 3 rings (SSSR count). The van der Waals surface area contributed by atoms with Crippen LogP contribution in [0.3, 0.4) is 0 Å². The lowest BCUT2D eigenvalue weighted by molar-refractivity contribution is -0.113. The zero-order chi connectivity index (χ0) is 24.6. The Morgan fingerprint density at radius 1 is 0.853 bits per heavy atom. The minimum atomic E-state index is -4.14. The number of hydrogen-bond acceptors (Lipinski definition) is 5. The number of benzene rings is 3. The molecule has 34 heavy (non-hydrogen) atoms. The van der Waals surface area contributed by atoms with Gasteiger partial charge in [0.25, 0.3) is 15.9 Å². The molecule has 3 aromatic rings. The average Bonchev–Trinajstić information content (AvgIpc) is 2.83. The third kappa shape index (κ3) is 6.26. The quantitative estimate of drug-likeness (QED) is 0.353. The van der Waals surface area contributed by atoms with E-state index in [1.165, 1.54) is 18.2 Å². The molecule has 6 nitrogen and oxygen atoms in total. The zero-order valence-electron chi connectivity index (χ0n) is 19.6. The summed E-state index contributed by atoms with van der Waals surface area (Å²) in [4.78, 5) is 13.3. The van der Waals surface area contributed by atoms with Crippen LogP contribution in [0, 0.1) is 6.92 Å². The first kappa shape index (κ1) is 25.1. The summed E-state index contributed by atoms with van der Waals surface area (Å²) in [5.41, 5.74) is 1.89. The van der Waals surface area contributed by atoms with Gasteiger partial charge in [0, 0.05) is 6.08 Å². The van der Waals surface area contributed by atoms with Crippen LogP contribution < -0.4 is 13.8 Å². The van der Waals surface area contributed by atoms with Gasteiger partial charge in [-0.25, -0.2) is 8.42 Å². The number of sulfonamides is 1. The van der Waals surface area contributed by atoms with Gasteiger partial charge in [-0.3, -0.25) is 4.79 Å². The second-order valence-electron chi connectivity index (χ2n) is 7.60. The fraction of sp³-hybridized carbons (Fsp3) is 0.222. The smallest absolute Gasteiger partial charge is 0.271 e. The predicted molar refractivity (Wildman–Crippen MR) is 135 cm³/mol. The van der Waals surface area contributed by atoms with Gasteiger partial charge in [0.2, 0.25) is 0 Å². The maximum atomic E-state index is 13.5. The van der Waals surface area contributed by atoms with Crippen molar-refractivity contribution in [3.8, 4) is 11.5 Å². The van der Waals surface area contributed by atoms with E-state index in [-0.39, 0.29) is 10.6 Å². The molecule has 0 aliphatic rings. The van der Waals surface area contributed by atoms with Gasteiger partial charge in [0.05, 0.1) is 23.8 Å². The lowest BCUT2D eigenvalue weighted by Crippen LogP contribution is -2.35. The van der Waals surface area contributed by atoms with Gasteiger partial charge in [-0.2, -0.15) is 4.31 Å². The third-order valence-electron chi connectivity index (χ3n) is 4.91. The first-order valence-electron chi connectivity index (χ1n) is 11.1. The lowest BCUT2D eigenvalue weighted by Gasteiger charge is -2.22. The minimum absolute atomic E-state index is 0.0335. The number of rotatable bonds is 10. The molecule has 3 aromatic carbocycles. The first-order chi connectivity index (χ1) is 16.3. The number of aryl methyl sites for hydroxylation is 1. The van der Waals surface area contributed by atoms with Crippen molar-refractivity contribution in [2.24, 2.45) is 0 Å². The van der Waals surface area contributed by atoms with E-state index in [1.807, 2.05) is 45.0 Å². The number of ether oxygens (including phenoxy) is 2. The summed E-state index contributed by atoms with van der Waals surface area (Å²) in [5.74, 6) is 0.645. The molecule has 178 valence electrons. The highest BCUT2D eigenvalue weighted by Gasteiger charge is 2.29. The molecule has 0 bridgehead atoms. The second kappa shape index (κ2) is 11.5. The Balaban J connectivity index is 1.93. The average molecular weight is 480 g/mol. The van der Waals surface area contributed by atoms with E-state index >= 15 is 0 Å². The first-order valence-corrected chi connectivity index (χ1v) is 12.6. The molecular weight excluding hydrogens is 450 g/mol. The molecule has 0 aliphatic carbocycles. The fourth-order valence-corrected chi connectivity index (χ4v) is 4.56. The molecule has 0 aliphatic heterocycles. The number of carbonyl (C=O) groups is 1. The van der Waals surface area contributed by atoms with Crippen molar-refractivity contribution >= 4 is 27.7 Å². The molecule has 0 aromatic heterocycles. The number of amides is 1. The summed E-state index contributed by atoms with van der Waals surface area (Å²) in [6.07, 6.45) is 3.75. The molecule has 0 heterocycles. The van der Waals surface area contributed by atoms with Gasteiger partial charge in [0.15, 0.2) is 0 Å². The van der Waals surface area contributed by atoms with Gasteiger partial charge >= 0.3 is 0 Å². The molecule has 7 heteroatoms. The van der Waals surface area contributed by atoms with Crippen LogP contribution in [0.2, 0.25) is 0 Å². The van der Waals surface area contributed by atoms with E-state index in [0.29, 0.717) is 19.0 Å². The van der Waals surface area contributed by atoms with Crippen LogP contribution in [0.15, 0.2) is 83.8 Å². The van der Waals surface area contributed by atoms with Crippen molar-refractivity contribution in [3.63, 3.8) is 0 Å². The molecule has 0 spiro atoms. The molecule has 0 saturated heterocycles. The van der Waals surface area contributed by atoms with Crippen LogP contribution in [-0.2, 0) is 14.8 Å². The highest BCUT2D eigenvalue weighted by Crippen LogP contribution is 2.27. The summed E-state index contributed by atoms with van der Waals surface area (Å²) in [6.45, 7) is 6.87. The van der Waals surface area contributed by atoms with Gasteiger partial charge < -0.3 is 9.47 Å². The molecular formula is C27H29NO5S. The third-order valence-corrected chi connectivity index (χ3v) is 6.65. The SMILES string of the molecule is CCCOc1ccc(/C=C/C(=O)N(c2ccc(OCC)cc2)S(=O)(=O)c2ccc(C)cc2)cc1. The van der Waals surface area contributed by atoms with Crippen LogP contribution in [0.25, 0.3) is 6.08 Å². The lowest BCUT2D eigenvalue weighted by atomic mass is 10.2. The van der Waals surface area contributed by atoms with Crippen molar-refractivity contribution < 1.29 is 22.7 Å². The van der Waals surface area contributed by atoms with Crippen molar-refractivity contribution in [1.29, 1.82) is 0 Å². The molecule has 0 atom stereocenters. The highest BCUT2D eigenvalue weighted by molar-refractivity contribution is 7.93. The van der Waals surface area contributed by atoms with E-state index in [2.05, 4.69) is 0 Å². The molecule has 0 radical (unpaired) electrons. The maximum absolute atomic E-state index is 13.5. The number of carbonyl (C=O) groups excluding carboxylic acids is 1. The summed E-state index contributed by atoms with van der Waals surface area (Å²) >= 11 is 0. The van der Waals surface area contributed by atoms with Crippen molar-refractivity contribution in [2.75, 3.05) is 17.5 Å². The van der Waals surface area contributed by atoms with Crippen LogP contribution >= 0.6 is 0 Å². The molecule has 1 amide bonds. The van der Waals surface area contributed by atoms with Gasteiger partial charge in [-0.15, -0.1) is 0 Å². The van der Waals surface area contributed by atoms with E-state index in [9.17, 15) is 13.2 Å². The molecule has 0 N–H and O–H groups in total. The Labute approximate surface area is 201 Å². The number of nitrogens with zero attached hydrogens (tertiary/aromatic N) is 1. The summed E-state index contributed by atoms with van der Waals surface area (Å²) in [7, 11) is -4.14. The number of hydrogen-bond donors (Lipinski definition) is 0. The van der Waals surface area contributed by atoms with Gasteiger partial charge in [-0.1, -0.05) is 36.8 Å². The van der Waals surface area contributed by atoms with E-state index in [0.717, 1.165) is 27.6 Å². The zero-order valence-corrected chi connectivity index (χ0v) is 20.4. The van der Waals surface area contributed by atoms with Crippen molar-refractivity contribution in [3.05, 3.63) is 90.0 Å². The van der Waals surface area contributed by atoms with Crippen LogP contribution in [0.1, 0.15) is 31.4 Å². The largest absolute Gasteiger partial charge is 0.494 e. The summed E-state index contributed by atoms with van der Waals surface area (Å²) in [6, 6.07) is 20.0. The Kier molecular flexibility index (Phi) is 8.49. The Morgan fingerprint density at radius 2 is 1.44 bits per heavy atom. The van der Waals surface area contributed by atoms with Gasteiger partial charge in [-0.05, 0) is 80.4 Å². The van der Waals surface area contributed by atoms with E-state index < -0.39 is 15.9 Å². The normalized spacial score (nSPS) is 11.4. The Morgan fingerprint density at radius 3 is 2.03 bits per heavy atom. The van der Waals surface area contributed by atoms with E-state index in [1.54, 1.807) is 42.5 Å². The fourth-order valence-electron chi connectivity index (χ4n) is 3.17. The molecule has 0 unspecified atom stereocenters. The predicted octanol–water partition coefficient (Wildman–Crippen LogP) is 5.62. The van der Waals surface area contributed by atoms with Crippen molar-refractivity contribution in [2.45, 2.75) is 32.1 Å². The number of anilines is 1. The highest BCUT2D eigenvalue weighted by atomic mass is 32.2. The minimum Gasteiger partial charge on any atom is -0.494 e. The maximum Gasteiger partial charge on any atom is 0.271 e. The Bertz CT molecular complexity index is 1220. The standard InChI is InChI=1S/C27H29NO5S/c1-4-20-33-25-13-8-22(9-14-25)10-19-27(29)28(23-11-15-24(16-12-23)32-5-2)34(30,31)26-17-6-21(3)7-18-26/h6-19H,4-5,20H2,1-3H3/b19-10+. The van der Waals surface area contributed by atoms with Crippen LogP contribution in [0.4, 0.5) is 5.69 Å². The second-order valence-corrected chi connectivity index (χ2v) is 9.39.